The molecule has 0 aliphatic heterocycles. The Bertz CT molecular complexity index is 216. The second kappa shape index (κ2) is 7.60. The van der Waals surface area contributed by atoms with E-state index in [1.54, 1.807) is 0 Å². The zero-order valence-corrected chi connectivity index (χ0v) is 8.08. The summed E-state index contributed by atoms with van der Waals surface area (Å²) in [6, 6.07) is 0. The molecule has 0 unspecified atom stereocenters. The summed E-state index contributed by atoms with van der Waals surface area (Å²) in [7, 11) is 0. The smallest absolute Gasteiger partial charge is 0.00978 e. The molecule has 0 aromatic heterocycles. The summed E-state index contributed by atoms with van der Waals surface area (Å²) in [4.78, 5) is 0. The average Bonchev–Trinajstić information content (AvgIpc) is 2.18. The summed E-state index contributed by atoms with van der Waals surface area (Å²) in [6.07, 6.45) is 24.0. The van der Waals surface area contributed by atoms with E-state index >= 15 is 0 Å². The van der Waals surface area contributed by atoms with E-state index in [0.29, 0.717) is 0 Å². The van der Waals surface area contributed by atoms with Gasteiger partial charge in [-0.25, -0.2) is 0 Å². The molecule has 0 spiro atoms. The van der Waals surface area contributed by atoms with E-state index in [-0.39, 0.29) is 0 Å². The Morgan fingerprint density at radius 3 is 2.69 bits per heavy atom. The van der Waals surface area contributed by atoms with Gasteiger partial charge in [0.25, 0.3) is 0 Å². The highest BCUT2D eigenvalue weighted by Crippen LogP contribution is 2.00. The van der Waals surface area contributed by atoms with Crippen LogP contribution < -0.4 is 0 Å². The van der Waals surface area contributed by atoms with Gasteiger partial charge in [-0.05, 0) is 38.2 Å². The van der Waals surface area contributed by atoms with Gasteiger partial charge in [0.15, 0.2) is 0 Å². The van der Waals surface area contributed by atoms with Gasteiger partial charge in [0.2, 0.25) is 0 Å². The number of hydrogen-bond acceptors (Lipinski definition) is 0. The summed E-state index contributed by atoms with van der Waals surface area (Å²) in [5.74, 6) is 0. The predicted octanol–water partition coefficient (Wildman–Crippen LogP) is 3.98. The van der Waals surface area contributed by atoms with Gasteiger partial charge in [0.05, 0.1) is 0 Å². The monoisotopic (exact) mass is 173 g/mol. The first-order valence-corrected chi connectivity index (χ1v) is 5.02. The van der Waals surface area contributed by atoms with Crippen molar-refractivity contribution in [1.82, 2.24) is 0 Å². The van der Waals surface area contributed by atoms with E-state index in [9.17, 15) is 0 Å². The highest BCUT2D eigenvalue weighted by atomic mass is 13.9. The average molecular weight is 173 g/mol. The van der Waals surface area contributed by atoms with E-state index < -0.39 is 0 Å². The van der Waals surface area contributed by atoms with Crippen molar-refractivity contribution in [3.8, 4) is 0 Å². The van der Waals surface area contributed by atoms with Crippen molar-refractivity contribution < 1.29 is 0 Å². The first-order chi connectivity index (χ1) is 6.50. The summed E-state index contributed by atoms with van der Waals surface area (Å²) >= 11 is 0. The molecule has 0 saturated carbocycles. The molecule has 1 aliphatic carbocycles. The van der Waals surface area contributed by atoms with E-state index in [4.69, 9.17) is 0 Å². The van der Waals surface area contributed by atoms with Crippen molar-refractivity contribution in [2.24, 2.45) is 0 Å². The molecule has 1 rings (SSSR count). The summed E-state index contributed by atoms with van der Waals surface area (Å²) in [5, 5.41) is 0. The van der Waals surface area contributed by atoms with Crippen molar-refractivity contribution >= 4 is 0 Å². The zero-order chi connectivity index (χ0) is 9.19. The molecule has 69 valence electrons. The van der Waals surface area contributed by atoms with Crippen LogP contribution >= 0.6 is 0 Å². The Kier molecular flexibility index (Phi) is 5.87. The Morgan fingerprint density at radius 2 is 1.69 bits per heavy atom. The molecule has 0 amide bonds. The lowest BCUT2D eigenvalue weighted by molar-refractivity contribution is 0.866. The molecule has 1 radical (unpaired) electrons. The van der Waals surface area contributed by atoms with E-state index in [2.05, 4.69) is 48.6 Å². The molecule has 0 N–H and O–H groups in total. The zero-order valence-electron chi connectivity index (χ0n) is 8.08. The molecular formula is C13H17. The van der Waals surface area contributed by atoms with Crippen LogP contribution in [-0.2, 0) is 0 Å². The van der Waals surface area contributed by atoms with Gasteiger partial charge in [-0.2, -0.15) is 0 Å². The summed E-state index contributed by atoms with van der Waals surface area (Å²) < 4.78 is 0. The highest BCUT2D eigenvalue weighted by molar-refractivity contribution is 5.05. The molecule has 0 atom stereocenters. The van der Waals surface area contributed by atoms with Crippen LogP contribution in [0.25, 0.3) is 0 Å². The third-order valence-electron chi connectivity index (χ3n) is 1.93. The molecule has 0 aromatic rings. The first kappa shape index (κ1) is 10.0. The second-order valence-electron chi connectivity index (χ2n) is 3.11. The SMILES string of the molecule is [C]1=C/C/C=C/C=C\CCC/C=C/C/1. The molecule has 0 bridgehead atoms. The van der Waals surface area contributed by atoms with E-state index in [1.165, 1.54) is 19.3 Å². The second-order valence-corrected chi connectivity index (χ2v) is 3.11. The van der Waals surface area contributed by atoms with Crippen molar-refractivity contribution in [1.29, 1.82) is 0 Å². The minimum Gasteiger partial charge on any atom is -0.0882 e. The largest absolute Gasteiger partial charge is 0.0882 e. The molecule has 13 heavy (non-hydrogen) atoms. The lowest BCUT2D eigenvalue weighted by atomic mass is 10.2. The Hall–Kier alpha value is -1.04. The Labute approximate surface area is 81.4 Å². The third kappa shape index (κ3) is 6.15. The van der Waals surface area contributed by atoms with Gasteiger partial charge < -0.3 is 0 Å². The molecule has 1 aliphatic rings. The van der Waals surface area contributed by atoms with Gasteiger partial charge in [0.1, 0.15) is 0 Å². The van der Waals surface area contributed by atoms with Gasteiger partial charge in [-0.15, -0.1) is 0 Å². The van der Waals surface area contributed by atoms with Gasteiger partial charge in [-0.1, -0.05) is 42.5 Å². The van der Waals surface area contributed by atoms with Crippen LogP contribution in [0.4, 0.5) is 0 Å². The van der Waals surface area contributed by atoms with E-state index in [1.807, 2.05) is 0 Å². The number of allylic oxidation sites excluding steroid dienone is 8. The maximum absolute atomic E-state index is 3.24. The fraction of sp³-hybridized carbons (Fsp3) is 0.385. The molecule has 0 saturated heterocycles. The lowest BCUT2D eigenvalue weighted by Gasteiger charge is -1.88. The van der Waals surface area contributed by atoms with Crippen LogP contribution in [0.5, 0.6) is 0 Å². The maximum Gasteiger partial charge on any atom is -0.00978 e. The lowest BCUT2D eigenvalue weighted by Crippen LogP contribution is -1.68. The minimum atomic E-state index is 0.960. The number of rotatable bonds is 0. The molecular weight excluding hydrogens is 156 g/mol. The normalized spacial score (nSPS) is 28.9. The quantitative estimate of drug-likeness (QED) is 0.486. The van der Waals surface area contributed by atoms with Crippen LogP contribution in [0, 0.1) is 6.08 Å². The molecule has 0 fully saturated rings. The first-order valence-electron chi connectivity index (χ1n) is 5.02. The summed E-state index contributed by atoms with van der Waals surface area (Å²) in [5.41, 5.74) is 0. The fourth-order valence-electron chi connectivity index (χ4n) is 1.19. The van der Waals surface area contributed by atoms with Crippen molar-refractivity contribution in [3.05, 3.63) is 48.6 Å². The van der Waals surface area contributed by atoms with Crippen molar-refractivity contribution in [2.45, 2.75) is 32.1 Å². The third-order valence-corrected chi connectivity index (χ3v) is 1.93. The molecule has 0 heteroatoms. The van der Waals surface area contributed by atoms with Crippen LogP contribution in [0.3, 0.4) is 0 Å². The molecule has 0 nitrogen and oxygen atoms in total. The highest BCUT2D eigenvalue weighted by Gasteiger charge is 1.80. The number of hydrogen-bond donors (Lipinski definition) is 0. The van der Waals surface area contributed by atoms with Gasteiger partial charge in [0, 0.05) is 0 Å². The maximum atomic E-state index is 3.24. The summed E-state index contributed by atoms with van der Waals surface area (Å²) in [6.45, 7) is 0. The minimum absolute atomic E-state index is 0.960. The van der Waals surface area contributed by atoms with Crippen LogP contribution in [-0.4, -0.2) is 0 Å². The van der Waals surface area contributed by atoms with Crippen molar-refractivity contribution in [3.63, 3.8) is 0 Å². The van der Waals surface area contributed by atoms with Crippen LogP contribution in [0.2, 0.25) is 0 Å². The standard InChI is InChI=1S/C13H17/c1-2-4-6-8-10-12-13-11-9-7-5-3-1/h1-4,7,12-13H,5-6,8,10-11H2/b3-1+,4-2-,9-7?,13-12+. The molecule has 0 heterocycles. The fourth-order valence-corrected chi connectivity index (χ4v) is 1.19. The van der Waals surface area contributed by atoms with Gasteiger partial charge in [-0.3, -0.25) is 0 Å². The predicted molar refractivity (Wildman–Crippen MR) is 58.3 cm³/mol. The van der Waals surface area contributed by atoms with E-state index in [0.717, 1.165) is 12.8 Å². The topological polar surface area (TPSA) is 0 Å². The van der Waals surface area contributed by atoms with Crippen LogP contribution in [0.15, 0.2) is 42.5 Å². The van der Waals surface area contributed by atoms with Crippen molar-refractivity contribution in [2.75, 3.05) is 0 Å². The Balaban J connectivity index is 2.38. The van der Waals surface area contributed by atoms with Gasteiger partial charge >= 0.3 is 0 Å². The molecule has 0 aromatic carbocycles. The Morgan fingerprint density at radius 1 is 0.846 bits per heavy atom. The van der Waals surface area contributed by atoms with Crippen LogP contribution in [0.1, 0.15) is 32.1 Å².